The van der Waals surface area contributed by atoms with Gasteiger partial charge in [0, 0.05) is 11.1 Å². The summed E-state index contributed by atoms with van der Waals surface area (Å²) in [6.07, 6.45) is 1.70. The number of rotatable bonds is 6. The normalized spacial score (nSPS) is 14.3. The molecule has 0 aliphatic heterocycles. The summed E-state index contributed by atoms with van der Waals surface area (Å²) in [5.74, 6) is -0.559. The molecule has 2 aromatic carbocycles. The van der Waals surface area contributed by atoms with E-state index in [1.807, 2.05) is 0 Å². The minimum Gasteiger partial charge on any atom is -0.457 e. The molecule has 132 valence electrons. The number of carbonyl (C=O) groups excluding carboxylic acids is 1. The summed E-state index contributed by atoms with van der Waals surface area (Å²) in [4.78, 5) is 12.4. The van der Waals surface area contributed by atoms with Gasteiger partial charge in [0.25, 0.3) is 0 Å². The van der Waals surface area contributed by atoms with Crippen LogP contribution in [0, 0.1) is 6.92 Å². The van der Waals surface area contributed by atoms with E-state index in [0.717, 1.165) is 18.4 Å². The largest absolute Gasteiger partial charge is 0.457 e. The third-order valence-electron chi connectivity index (χ3n) is 3.92. The summed E-state index contributed by atoms with van der Waals surface area (Å²) < 4.78 is 32.5. The molecule has 5 nitrogen and oxygen atoms in total. The lowest BCUT2D eigenvalue weighted by Crippen LogP contribution is -2.26. The highest BCUT2D eigenvalue weighted by Crippen LogP contribution is 2.23. The Hall–Kier alpha value is -1.89. The van der Waals surface area contributed by atoms with Gasteiger partial charge in [-0.15, -0.1) is 0 Å². The second kappa shape index (κ2) is 7.15. The van der Waals surface area contributed by atoms with Gasteiger partial charge in [0.2, 0.25) is 10.0 Å². The molecule has 1 N–H and O–H groups in total. The number of hydrogen-bond acceptors (Lipinski definition) is 4. The van der Waals surface area contributed by atoms with Gasteiger partial charge in [0.15, 0.2) is 0 Å². The minimum absolute atomic E-state index is 0.00612. The topological polar surface area (TPSA) is 72.5 Å². The zero-order valence-electron chi connectivity index (χ0n) is 13.7. The van der Waals surface area contributed by atoms with Gasteiger partial charge in [-0.3, -0.25) is 0 Å². The summed E-state index contributed by atoms with van der Waals surface area (Å²) in [6.45, 7) is 1.83. The molecule has 0 atom stereocenters. The third kappa shape index (κ3) is 4.60. The van der Waals surface area contributed by atoms with Crippen LogP contribution < -0.4 is 4.72 Å². The first-order valence-corrected chi connectivity index (χ1v) is 9.76. The van der Waals surface area contributed by atoms with Gasteiger partial charge in [-0.1, -0.05) is 29.8 Å². The van der Waals surface area contributed by atoms with Crippen molar-refractivity contribution in [1.82, 2.24) is 4.72 Å². The zero-order chi connectivity index (χ0) is 18.0. The number of benzene rings is 2. The van der Waals surface area contributed by atoms with Crippen molar-refractivity contribution < 1.29 is 17.9 Å². The molecule has 7 heteroatoms. The smallest absolute Gasteiger partial charge is 0.338 e. The zero-order valence-corrected chi connectivity index (χ0v) is 15.2. The van der Waals surface area contributed by atoms with Crippen LogP contribution in [-0.4, -0.2) is 20.4 Å². The average molecular weight is 380 g/mol. The summed E-state index contributed by atoms with van der Waals surface area (Å²) in [7, 11) is -3.61. The summed E-state index contributed by atoms with van der Waals surface area (Å²) >= 11 is 5.82. The first-order valence-electron chi connectivity index (χ1n) is 7.90. The van der Waals surface area contributed by atoms with Gasteiger partial charge in [0.1, 0.15) is 6.61 Å². The number of halogens is 1. The molecular formula is C18H18ClNO4S. The Morgan fingerprint density at radius 1 is 1.20 bits per heavy atom. The molecule has 0 amide bonds. The van der Waals surface area contributed by atoms with Crippen LogP contribution in [0.15, 0.2) is 47.4 Å². The maximum atomic E-state index is 12.4. The van der Waals surface area contributed by atoms with Crippen molar-refractivity contribution in [3.8, 4) is 0 Å². The van der Waals surface area contributed by atoms with Crippen molar-refractivity contribution in [2.45, 2.75) is 37.3 Å². The van der Waals surface area contributed by atoms with Gasteiger partial charge < -0.3 is 4.74 Å². The van der Waals surface area contributed by atoms with Crippen LogP contribution in [0.4, 0.5) is 0 Å². The van der Waals surface area contributed by atoms with E-state index in [9.17, 15) is 13.2 Å². The molecule has 2 aromatic rings. The SMILES string of the molecule is Cc1ccc(S(=O)(=O)NC2CC2)cc1C(=O)OCc1ccc(Cl)cc1. The Bertz CT molecular complexity index is 890. The van der Waals surface area contributed by atoms with E-state index in [2.05, 4.69) is 4.72 Å². The summed E-state index contributed by atoms with van der Waals surface area (Å²) in [6, 6.07) is 11.4. The molecule has 0 spiro atoms. The van der Waals surface area contributed by atoms with Crippen molar-refractivity contribution in [2.24, 2.45) is 0 Å². The lowest BCUT2D eigenvalue weighted by atomic mass is 10.1. The summed E-state index contributed by atoms with van der Waals surface area (Å²) in [5.41, 5.74) is 1.70. The van der Waals surface area contributed by atoms with E-state index in [0.29, 0.717) is 10.6 Å². The lowest BCUT2D eigenvalue weighted by Gasteiger charge is -2.10. The maximum absolute atomic E-state index is 12.4. The molecule has 1 saturated carbocycles. The molecule has 0 bridgehead atoms. The fraction of sp³-hybridized carbons (Fsp3) is 0.278. The predicted octanol–water partition coefficient (Wildman–Crippen LogP) is 3.45. The number of sulfonamides is 1. The number of ether oxygens (including phenoxy) is 1. The molecule has 0 heterocycles. The number of hydrogen-bond donors (Lipinski definition) is 1. The van der Waals surface area contributed by atoms with Gasteiger partial charge >= 0.3 is 5.97 Å². The number of carbonyl (C=O) groups is 1. The minimum atomic E-state index is -3.61. The van der Waals surface area contributed by atoms with Crippen molar-refractivity contribution in [3.63, 3.8) is 0 Å². The Labute approximate surface area is 152 Å². The monoisotopic (exact) mass is 379 g/mol. The Kier molecular flexibility index (Phi) is 5.13. The Morgan fingerprint density at radius 2 is 1.88 bits per heavy atom. The van der Waals surface area contributed by atoms with Crippen molar-refractivity contribution in [3.05, 3.63) is 64.2 Å². The molecule has 0 radical (unpaired) electrons. The van der Waals surface area contributed by atoms with Gasteiger partial charge in [0.05, 0.1) is 10.5 Å². The first-order chi connectivity index (χ1) is 11.8. The van der Waals surface area contributed by atoms with E-state index in [1.165, 1.54) is 12.1 Å². The Balaban J connectivity index is 1.75. The maximum Gasteiger partial charge on any atom is 0.338 e. The highest BCUT2D eigenvalue weighted by molar-refractivity contribution is 7.89. The molecule has 3 rings (SSSR count). The second-order valence-electron chi connectivity index (χ2n) is 6.07. The van der Waals surface area contributed by atoms with E-state index in [4.69, 9.17) is 16.3 Å². The van der Waals surface area contributed by atoms with Gasteiger partial charge in [-0.05, 0) is 55.2 Å². The number of esters is 1. The molecule has 25 heavy (non-hydrogen) atoms. The first kappa shape index (κ1) is 17.9. The quantitative estimate of drug-likeness (QED) is 0.780. The molecule has 0 unspecified atom stereocenters. The Morgan fingerprint density at radius 3 is 2.52 bits per heavy atom. The van der Waals surface area contributed by atoms with Crippen molar-refractivity contribution >= 4 is 27.6 Å². The second-order valence-corrected chi connectivity index (χ2v) is 8.23. The van der Waals surface area contributed by atoms with E-state index >= 15 is 0 Å². The van der Waals surface area contributed by atoms with Gasteiger partial charge in [-0.2, -0.15) is 0 Å². The van der Waals surface area contributed by atoms with Crippen molar-refractivity contribution in [2.75, 3.05) is 0 Å². The highest BCUT2D eigenvalue weighted by atomic mass is 35.5. The number of aryl methyl sites for hydroxylation is 1. The van der Waals surface area contributed by atoms with Crippen molar-refractivity contribution in [1.29, 1.82) is 0 Å². The van der Waals surface area contributed by atoms with Crippen LogP contribution in [0.5, 0.6) is 0 Å². The predicted molar refractivity (Wildman–Crippen MR) is 95.1 cm³/mol. The molecule has 1 fully saturated rings. The fourth-order valence-corrected chi connectivity index (χ4v) is 3.74. The van der Waals surface area contributed by atoms with Crippen LogP contribution in [0.2, 0.25) is 5.02 Å². The van der Waals surface area contributed by atoms with Crippen LogP contribution in [0.25, 0.3) is 0 Å². The fourth-order valence-electron chi connectivity index (χ4n) is 2.28. The van der Waals surface area contributed by atoms with Crippen LogP contribution in [0.1, 0.15) is 34.3 Å². The van der Waals surface area contributed by atoms with Gasteiger partial charge in [-0.25, -0.2) is 17.9 Å². The third-order valence-corrected chi connectivity index (χ3v) is 5.69. The van der Waals surface area contributed by atoms with E-state index in [1.54, 1.807) is 37.3 Å². The van der Waals surface area contributed by atoms with Crippen LogP contribution in [0.3, 0.4) is 0 Å². The molecule has 0 aromatic heterocycles. The van der Waals surface area contributed by atoms with Crippen LogP contribution >= 0.6 is 11.6 Å². The molecule has 1 aliphatic carbocycles. The lowest BCUT2D eigenvalue weighted by molar-refractivity contribution is 0.0471. The molecular weight excluding hydrogens is 362 g/mol. The molecule has 0 saturated heterocycles. The van der Waals surface area contributed by atoms with Crippen LogP contribution in [-0.2, 0) is 21.4 Å². The average Bonchev–Trinajstić information content (AvgIpc) is 3.37. The molecule has 1 aliphatic rings. The standard InChI is InChI=1S/C18H18ClNO4S/c1-12-2-9-16(25(22,23)20-15-7-8-15)10-17(12)18(21)24-11-13-3-5-14(19)6-4-13/h2-6,9-10,15,20H,7-8,11H2,1H3. The van der Waals surface area contributed by atoms with E-state index in [-0.39, 0.29) is 23.1 Å². The van der Waals surface area contributed by atoms with E-state index < -0.39 is 16.0 Å². The highest BCUT2D eigenvalue weighted by Gasteiger charge is 2.28. The number of nitrogens with one attached hydrogen (secondary N) is 1. The summed E-state index contributed by atoms with van der Waals surface area (Å²) in [5, 5.41) is 0.604.